The molecule has 0 bridgehead atoms. The molecule has 505 valence electrons. The predicted octanol–water partition coefficient (Wildman–Crippen LogP) is 18.5. The standard InChI is InChI=1S/C25H25ClF2N2OS.C16H13BrClF2NOS.C12H12BClF2NO3.C9H14BNO2.C4H2Br2S/c1-24(2,3)22-14-16(6-9-29-22)18-13-21(32-15-18)19-5-4-17(12-20(19)26)23(31)30-10-7-25(27,28)8-11-30;17-11-8-14(23-9-11)12-2-1-10(7-13(12)18)15(22)21-5-3-16(19,20)4-6-21;14-9-7-8(1-2-10(9)20-13-19)11(18)17-5-3-12(15,16)4-6-17;1-9(2,3)8-6-7(10(12)13)4-5-11-8;5-3-1-4(6)7-2-3/h4-6,9,12-15H,7-8,10-11H2,1-3H3;1-2,7-9H,3-6H2;1-2,7,19H,3-6H2;4-6,12-13H,1-3H3;1-2H. The summed E-state index contributed by atoms with van der Waals surface area (Å²) < 4.78 is 87.2. The monoisotopic (exact) mass is 1610 g/mol. The van der Waals surface area contributed by atoms with Gasteiger partial charge < -0.3 is 34.4 Å². The van der Waals surface area contributed by atoms with E-state index in [0.29, 0.717) is 39.9 Å². The second kappa shape index (κ2) is 33.8. The van der Waals surface area contributed by atoms with E-state index in [1.54, 1.807) is 82.7 Å². The molecule has 0 unspecified atom stereocenters. The van der Waals surface area contributed by atoms with Crippen molar-refractivity contribution < 1.29 is 60.5 Å². The average Bonchev–Trinajstić information content (AvgIpc) is 1.79. The van der Waals surface area contributed by atoms with Gasteiger partial charge in [0.2, 0.25) is 0 Å². The maximum atomic E-state index is 13.4. The number of aromatic nitrogens is 2. The van der Waals surface area contributed by atoms with Gasteiger partial charge in [-0.25, -0.2) is 26.3 Å². The zero-order valence-electron chi connectivity index (χ0n) is 52.2. The van der Waals surface area contributed by atoms with Crippen LogP contribution in [0.3, 0.4) is 0 Å². The van der Waals surface area contributed by atoms with Crippen LogP contribution in [0.15, 0.2) is 138 Å². The highest BCUT2D eigenvalue weighted by Gasteiger charge is 2.38. The molecule has 3 aliphatic rings. The van der Waals surface area contributed by atoms with Gasteiger partial charge in [0, 0.05) is 170 Å². The Hall–Kier alpha value is -4.83. The summed E-state index contributed by atoms with van der Waals surface area (Å²) in [5.74, 6) is -8.68. The number of hydrogen-bond donors (Lipinski definition) is 3. The van der Waals surface area contributed by atoms with E-state index in [9.17, 15) is 40.7 Å². The van der Waals surface area contributed by atoms with Gasteiger partial charge >= 0.3 is 14.8 Å². The molecular formula is C66H66B2Br3Cl3F6N5O7S3. The van der Waals surface area contributed by atoms with Crippen molar-refractivity contribution in [1.29, 1.82) is 0 Å². The van der Waals surface area contributed by atoms with Gasteiger partial charge in [0.1, 0.15) is 5.75 Å². The fourth-order valence-electron chi connectivity index (χ4n) is 9.55. The molecule has 3 aromatic carbocycles. The van der Waals surface area contributed by atoms with Gasteiger partial charge in [-0.1, -0.05) is 88.5 Å². The molecule has 29 heteroatoms. The number of pyridine rings is 2. The molecular weight excluding hydrogens is 1550 g/mol. The zero-order chi connectivity index (χ0) is 69.8. The first-order valence-electron chi connectivity index (χ1n) is 29.6. The van der Waals surface area contributed by atoms with E-state index in [4.69, 9.17) is 54.5 Å². The number of benzene rings is 3. The van der Waals surface area contributed by atoms with Gasteiger partial charge in [-0.2, -0.15) is 0 Å². The summed E-state index contributed by atoms with van der Waals surface area (Å²) >= 11 is 33.6. The number of amides is 3. The molecule has 3 saturated heterocycles. The summed E-state index contributed by atoms with van der Waals surface area (Å²) in [5.41, 5.74) is 7.29. The summed E-state index contributed by atoms with van der Waals surface area (Å²) in [7, 11) is -0.931. The van der Waals surface area contributed by atoms with Crippen LogP contribution in [0.2, 0.25) is 15.1 Å². The van der Waals surface area contributed by atoms with Crippen LogP contribution in [-0.2, 0) is 10.8 Å². The van der Waals surface area contributed by atoms with Crippen LogP contribution in [0.1, 0.15) is 123 Å². The minimum absolute atomic E-state index is 0.0200. The lowest BCUT2D eigenvalue weighted by Crippen LogP contribution is -2.42. The molecule has 3 fully saturated rings. The van der Waals surface area contributed by atoms with Gasteiger partial charge in [-0.05, 0) is 155 Å². The van der Waals surface area contributed by atoms with Crippen LogP contribution >= 0.6 is 117 Å². The average molecular weight is 1620 g/mol. The highest BCUT2D eigenvalue weighted by molar-refractivity contribution is 9.11. The lowest BCUT2D eigenvalue weighted by Gasteiger charge is -2.31. The summed E-state index contributed by atoms with van der Waals surface area (Å²) in [4.78, 5) is 52.3. The number of nitrogens with zero attached hydrogens (tertiary/aromatic N) is 5. The van der Waals surface area contributed by atoms with Crippen molar-refractivity contribution >= 4 is 155 Å². The summed E-state index contributed by atoms with van der Waals surface area (Å²) in [6.45, 7) is 12.8. The Bertz CT molecular complexity index is 3910. The number of likely N-dealkylation sites (tertiary alicyclic amines) is 3. The van der Waals surface area contributed by atoms with E-state index >= 15 is 0 Å². The molecule has 8 heterocycles. The molecule has 0 atom stereocenters. The van der Waals surface area contributed by atoms with Crippen LogP contribution in [0.5, 0.6) is 5.75 Å². The molecule has 11 rings (SSSR count). The maximum Gasteiger partial charge on any atom is 0.569 e. The van der Waals surface area contributed by atoms with E-state index in [0.717, 1.165) is 52.3 Å². The van der Waals surface area contributed by atoms with Gasteiger partial charge in [-0.3, -0.25) is 24.4 Å². The summed E-state index contributed by atoms with van der Waals surface area (Å²) in [6, 6.07) is 28.1. The zero-order valence-corrected chi connectivity index (χ0v) is 61.7. The van der Waals surface area contributed by atoms with Crippen molar-refractivity contribution in [3.05, 3.63) is 181 Å². The number of halogens is 12. The Morgan fingerprint density at radius 2 is 0.926 bits per heavy atom. The van der Waals surface area contributed by atoms with E-state index < -0.39 is 24.9 Å². The van der Waals surface area contributed by atoms with Crippen LogP contribution in [0.4, 0.5) is 26.3 Å². The topological polar surface area (TPSA) is 157 Å². The van der Waals surface area contributed by atoms with Crippen molar-refractivity contribution in [3.63, 3.8) is 0 Å². The Balaban J connectivity index is 0.000000179. The fourth-order valence-corrected chi connectivity index (χ4v) is 14.9. The lowest BCUT2D eigenvalue weighted by atomic mass is 9.78. The number of alkyl halides is 6. The minimum atomic E-state index is -2.69. The molecule has 95 heavy (non-hydrogen) atoms. The van der Waals surface area contributed by atoms with E-state index in [2.05, 4.69) is 96.0 Å². The van der Waals surface area contributed by atoms with Crippen LogP contribution < -0.4 is 10.1 Å². The second-order valence-corrected chi connectivity index (χ2v) is 31.5. The number of piperidine rings is 3. The molecule has 3 amide bonds. The number of carbonyl (C=O) groups excluding carboxylic acids is 3. The molecule has 0 saturated carbocycles. The number of carbonyl (C=O) groups is 3. The highest BCUT2D eigenvalue weighted by atomic mass is 79.9. The van der Waals surface area contributed by atoms with Crippen molar-refractivity contribution in [2.24, 2.45) is 0 Å². The van der Waals surface area contributed by atoms with Crippen molar-refractivity contribution in [2.75, 3.05) is 39.3 Å². The van der Waals surface area contributed by atoms with Gasteiger partial charge in [0.25, 0.3) is 35.5 Å². The molecule has 8 aromatic rings. The third-order valence-corrected chi connectivity index (χ3v) is 21.0. The van der Waals surface area contributed by atoms with Crippen molar-refractivity contribution in [2.45, 2.75) is 109 Å². The second-order valence-electron chi connectivity index (χ2n) is 24.4. The summed E-state index contributed by atoms with van der Waals surface area (Å²) in [6.07, 6.45) is 1.61. The molecule has 0 aliphatic carbocycles. The van der Waals surface area contributed by atoms with Gasteiger partial charge in [0.15, 0.2) is 0 Å². The fraction of sp³-hybridized carbons (Fsp3) is 0.348. The normalized spacial score (nSPS) is 15.7. The van der Waals surface area contributed by atoms with Gasteiger partial charge in [0.05, 0.1) is 18.9 Å². The maximum absolute atomic E-state index is 13.4. The Kier molecular flexibility index (Phi) is 27.6. The Morgan fingerprint density at radius 3 is 1.29 bits per heavy atom. The largest absolute Gasteiger partial charge is 0.569 e. The summed E-state index contributed by atoms with van der Waals surface area (Å²) in [5, 5.41) is 33.6. The highest BCUT2D eigenvalue weighted by Crippen LogP contribution is 2.40. The molecule has 5 aromatic heterocycles. The van der Waals surface area contributed by atoms with Crippen LogP contribution in [0.25, 0.3) is 32.0 Å². The lowest BCUT2D eigenvalue weighted by molar-refractivity contribution is -0.0503. The number of thiophene rings is 3. The van der Waals surface area contributed by atoms with Crippen molar-refractivity contribution in [1.82, 2.24) is 24.7 Å². The first kappa shape index (κ1) is 77.5. The number of hydrogen-bond acceptors (Lipinski definition) is 12. The SMILES string of the molecule is Brc1csc(Br)c1.CC(C)(C)c1cc(-c2csc(-c3ccc(C(=O)N4CCC(F)(F)CC4)cc3Cl)c2)ccn1.CC(C)(C)c1cc(B(O)O)ccn1.O=C(c1ccc(-c2cc(Br)cs2)c(Cl)c1)N1CCC(F)(F)CC1.O=C(c1ccc(O[B]O)c(Cl)c1)N1CCC(F)(F)CC1. The molecule has 1 radical (unpaired) electrons. The van der Waals surface area contributed by atoms with E-state index in [-0.39, 0.29) is 117 Å². The first-order chi connectivity index (χ1) is 44.5. The van der Waals surface area contributed by atoms with E-state index in [1.807, 2.05) is 62.0 Å². The van der Waals surface area contributed by atoms with Crippen LogP contribution in [-0.4, -0.2) is 129 Å². The predicted molar refractivity (Wildman–Crippen MR) is 382 cm³/mol. The Morgan fingerprint density at radius 1 is 0.526 bits per heavy atom. The quantitative estimate of drug-likeness (QED) is 0.0945. The Labute approximate surface area is 601 Å². The first-order valence-corrected chi connectivity index (χ1v) is 35.7. The minimum Gasteiger partial charge on any atom is -0.536 e. The van der Waals surface area contributed by atoms with E-state index in [1.165, 1.54) is 36.7 Å². The molecule has 3 aliphatic heterocycles. The van der Waals surface area contributed by atoms with Crippen LogP contribution in [0, 0.1) is 0 Å². The molecule has 3 N–H and O–H groups in total. The third-order valence-electron chi connectivity index (χ3n) is 15.1. The van der Waals surface area contributed by atoms with Crippen molar-refractivity contribution in [3.8, 4) is 37.8 Å². The molecule has 12 nitrogen and oxygen atoms in total. The smallest absolute Gasteiger partial charge is 0.536 e. The number of rotatable bonds is 9. The molecule has 0 spiro atoms. The third kappa shape index (κ3) is 22.9. The van der Waals surface area contributed by atoms with Gasteiger partial charge in [-0.15, -0.1) is 34.0 Å².